The third-order valence-corrected chi connectivity index (χ3v) is 9.41. The van der Waals surface area contributed by atoms with Crippen LogP contribution in [0.4, 0.5) is 10.5 Å². The first-order valence-electron chi connectivity index (χ1n) is 13.4. The summed E-state index contributed by atoms with van der Waals surface area (Å²) in [5.74, 6) is 0.820. The number of hydrogen-bond donors (Lipinski definition) is 3. The molecule has 11 heteroatoms. The molecule has 0 radical (unpaired) electrons. The summed E-state index contributed by atoms with van der Waals surface area (Å²) in [6.07, 6.45) is 3.61. The molecular weight excluding hydrogens is 550 g/mol. The van der Waals surface area contributed by atoms with E-state index in [1.807, 2.05) is 30.3 Å². The minimum Gasteiger partial charge on any atom is -0.457 e. The van der Waals surface area contributed by atoms with E-state index in [0.717, 1.165) is 12.8 Å². The summed E-state index contributed by atoms with van der Waals surface area (Å²) in [5, 5.41) is 9.99. The van der Waals surface area contributed by atoms with Gasteiger partial charge >= 0.3 is 6.03 Å². The van der Waals surface area contributed by atoms with Crippen molar-refractivity contribution in [1.82, 2.24) is 20.9 Å². The Labute approximate surface area is 241 Å². The summed E-state index contributed by atoms with van der Waals surface area (Å²) in [5.41, 5.74) is 1.25. The smallest absolute Gasteiger partial charge is 0.326 e. The minimum atomic E-state index is -0.316. The van der Waals surface area contributed by atoms with Crippen molar-refractivity contribution in [3.63, 3.8) is 0 Å². The Morgan fingerprint density at radius 1 is 1.15 bits per heavy atom. The summed E-state index contributed by atoms with van der Waals surface area (Å²) in [6, 6.07) is 14.1. The van der Waals surface area contributed by atoms with Crippen molar-refractivity contribution in [2.45, 2.75) is 36.7 Å². The molecule has 6 rings (SSSR count). The van der Waals surface area contributed by atoms with E-state index in [-0.39, 0.29) is 41.2 Å². The van der Waals surface area contributed by atoms with E-state index in [9.17, 15) is 14.4 Å². The predicted octanol–water partition coefficient (Wildman–Crippen LogP) is 4.22. The van der Waals surface area contributed by atoms with Crippen LogP contribution >= 0.6 is 23.4 Å². The van der Waals surface area contributed by atoms with Gasteiger partial charge in [0.25, 0.3) is 5.91 Å². The Hall–Kier alpha value is -3.47. The van der Waals surface area contributed by atoms with Crippen molar-refractivity contribution >= 4 is 46.9 Å². The van der Waals surface area contributed by atoms with Crippen LogP contribution in [0.3, 0.4) is 0 Å². The van der Waals surface area contributed by atoms with Gasteiger partial charge in [-0.3, -0.25) is 14.5 Å². The van der Waals surface area contributed by atoms with Crippen molar-refractivity contribution in [3.8, 4) is 11.5 Å². The van der Waals surface area contributed by atoms with Crippen LogP contribution in [0.1, 0.15) is 19.3 Å². The largest absolute Gasteiger partial charge is 0.457 e. The average Bonchev–Trinajstić information content (AvgIpc) is 3.33. The highest BCUT2D eigenvalue weighted by Gasteiger charge is 2.52. The van der Waals surface area contributed by atoms with Gasteiger partial charge in [0.1, 0.15) is 11.5 Å². The van der Waals surface area contributed by atoms with Gasteiger partial charge in [0.2, 0.25) is 5.91 Å². The fourth-order valence-electron chi connectivity index (χ4n) is 5.95. The number of halogens is 1. The lowest BCUT2D eigenvalue weighted by molar-refractivity contribution is -0.128. The summed E-state index contributed by atoms with van der Waals surface area (Å²) in [7, 11) is 0. The zero-order valence-corrected chi connectivity index (χ0v) is 23.3. The molecular formula is C29H30ClN5O4S. The number of nitrogens with zero attached hydrogens (tertiary/aromatic N) is 2. The van der Waals surface area contributed by atoms with E-state index < -0.39 is 0 Å². The summed E-state index contributed by atoms with van der Waals surface area (Å²) >= 11 is 8.17. The van der Waals surface area contributed by atoms with E-state index in [4.69, 9.17) is 16.3 Å². The average molecular weight is 580 g/mol. The molecule has 2 aromatic carbocycles. The molecule has 4 atom stereocenters. The lowest BCUT2D eigenvalue weighted by atomic mass is 9.86. The molecule has 3 N–H and O–H groups in total. The molecule has 0 saturated carbocycles. The lowest BCUT2D eigenvalue weighted by Gasteiger charge is -2.46. The standard InChI is InChI=1S/C29H30ClN5O4S/c1-2-23(36)34-14-6-7-17(16-34)32-27(37)26-25-24-22(12-13-31-28(24)40-26)35(29(38)33-25)21-11-10-19(15-20(21)30)39-18-8-4-3-5-9-18/h2-5,8-11,15,17,22,24,28,31H,1,6-7,12-14,16H2,(H,32,37)(H,33,38)/t17-,22?,24?,28?/m1/s1. The second kappa shape index (κ2) is 11.2. The van der Waals surface area contributed by atoms with Crippen molar-refractivity contribution < 1.29 is 19.1 Å². The molecule has 9 nitrogen and oxygen atoms in total. The monoisotopic (exact) mass is 579 g/mol. The quantitative estimate of drug-likeness (QED) is 0.443. The summed E-state index contributed by atoms with van der Waals surface area (Å²) in [6.45, 7) is 5.38. The summed E-state index contributed by atoms with van der Waals surface area (Å²) < 4.78 is 5.91. The summed E-state index contributed by atoms with van der Waals surface area (Å²) in [4.78, 5) is 43.0. The van der Waals surface area contributed by atoms with Crippen molar-refractivity contribution in [2.24, 2.45) is 5.92 Å². The Bertz CT molecular complexity index is 1390. The highest BCUT2D eigenvalue weighted by molar-refractivity contribution is 8.04. The fraction of sp³-hybridized carbons (Fsp3) is 0.345. The number of likely N-dealkylation sites (tertiary alicyclic amines) is 1. The fourth-order valence-corrected chi connectivity index (χ4v) is 7.61. The lowest BCUT2D eigenvalue weighted by Crippen LogP contribution is -2.62. The molecule has 2 aromatic rings. The van der Waals surface area contributed by atoms with Gasteiger partial charge < -0.3 is 25.6 Å². The molecule has 3 unspecified atom stereocenters. The molecule has 0 bridgehead atoms. The van der Waals surface area contributed by atoms with Gasteiger partial charge in [-0.05, 0) is 56.1 Å². The third-order valence-electron chi connectivity index (χ3n) is 7.75. The minimum absolute atomic E-state index is 0.0535. The molecule has 4 heterocycles. The highest BCUT2D eigenvalue weighted by Crippen LogP contribution is 2.49. The molecule has 0 aromatic heterocycles. The van der Waals surface area contributed by atoms with Crippen LogP contribution < -0.4 is 25.6 Å². The molecule has 4 amide bonds. The molecule has 208 valence electrons. The second-order valence-corrected chi connectivity index (χ2v) is 11.8. The van der Waals surface area contributed by atoms with Crippen LogP contribution in [-0.4, -0.2) is 59.8 Å². The van der Waals surface area contributed by atoms with Crippen LogP contribution in [0.15, 0.2) is 71.8 Å². The first kappa shape index (κ1) is 26.7. The first-order chi connectivity index (χ1) is 19.4. The topological polar surface area (TPSA) is 103 Å². The number of amides is 4. The number of anilines is 1. The van der Waals surface area contributed by atoms with Crippen LogP contribution in [0, 0.1) is 5.92 Å². The highest BCUT2D eigenvalue weighted by atomic mass is 35.5. The number of piperidine rings is 2. The third kappa shape index (κ3) is 5.07. The van der Waals surface area contributed by atoms with Gasteiger partial charge in [-0.2, -0.15) is 0 Å². The Kier molecular flexibility index (Phi) is 7.48. The number of benzene rings is 2. The van der Waals surface area contributed by atoms with Gasteiger partial charge in [0.15, 0.2) is 0 Å². The van der Waals surface area contributed by atoms with Gasteiger partial charge in [-0.25, -0.2) is 4.79 Å². The van der Waals surface area contributed by atoms with Crippen LogP contribution in [0.2, 0.25) is 5.02 Å². The van der Waals surface area contributed by atoms with Gasteiger partial charge in [-0.1, -0.05) is 48.1 Å². The molecule has 3 fully saturated rings. The number of ether oxygens (including phenoxy) is 1. The number of thioether (sulfide) groups is 1. The van der Waals surface area contributed by atoms with Crippen LogP contribution in [0.5, 0.6) is 11.5 Å². The van der Waals surface area contributed by atoms with Crippen molar-refractivity contribution in [2.75, 3.05) is 24.5 Å². The number of rotatable bonds is 6. The van der Waals surface area contributed by atoms with Crippen LogP contribution in [-0.2, 0) is 9.59 Å². The Morgan fingerprint density at radius 3 is 2.75 bits per heavy atom. The van der Waals surface area contributed by atoms with E-state index in [0.29, 0.717) is 58.9 Å². The van der Waals surface area contributed by atoms with E-state index >= 15 is 0 Å². The predicted molar refractivity (Wildman–Crippen MR) is 155 cm³/mol. The SMILES string of the molecule is C=CC(=O)N1CCC[C@@H](NC(=O)C2=C3NC(=O)N(c4ccc(Oc5ccccc5)cc4Cl)C4CCNC(S2)C34)C1. The zero-order chi connectivity index (χ0) is 27.8. The maximum Gasteiger partial charge on any atom is 0.326 e. The molecule has 3 saturated heterocycles. The first-order valence-corrected chi connectivity index (χ1v) is 14.7. The van der Waals surface area contributed by atoms with Gasteiger partial charge in [0.05, 0.1) is 27.0 Å². The Morgan fingerprint density at radius 2 is 1.98 bits per heavy atom. The second-order valence-electron chi connectivity index (χ2n) is 10.2. The number of urea groups is 1. The van der Waals surface area contributed by atoms with E-state index in [1.165, 1.54) is 17.8 Å². The number of para-hydroxylation sites is 1. The molecule has 4 aliphatic heterocycles. The zero-order valence-electron chi connectivity index (χ0n) is 21.8. The molecule has 4 aliphatic rings. The number of hydrogen-bond acceptors (Lipinski definition) is 6. The number of carbonyl (C=O) groups is 3. The maximum atomic E-state index is 13.6. The Balaban J connectivity index is 1.22. The molecule has 40 heavy (non-hydrogen) atoms. The van der Waals surface area contributed by atoms with E-state index in [2.05, 4.69) is 22.5 Å². The van der Waals surface area contributed by atoms with Gasteiger partial charge in [-0.15, -0.1) is 0 Å². The number of nitrogens with one attached hydrogen (secondary N) is 3. The molecule has 0 spiro atoms. The van der Waals surface area contributed by atoms with Crippen LogP contribution in [0.25, 0.3) is 0 Å². The molecule has 0 aliphatic carbocycles. The maximum absolute atomic E-state index is 13.6. The van der Waals surface area contributed by atoms with Crippen molar-refractivity contribution in [1.29, 1.82) is 0 Å². The number of carbonyl (C=O) groups excluding carboxylic acids is 3. The van der Waals surface area contributed by atoms with E-state index in [1.54, 1.807) is 28.0 Å². The normalized spacial score (nSPS) is 25.7. The van der Waals surface area contributed by atoms with Gasteiger partial charge in [0, 0.05) is 36.8 Å². The van der Waals surface area contributed by atoms with Crippen molar-refractivity contribution in [3.05, 3.63) is 76.8 Å².